The van der Waals surface area contributed by atoms with Crippen LogP contribution in [0.2, 0.25) is 5.02 Å². The van der Waals surface area contributed by atoms with Crippen LogP contribution in [0.1, 0.15) is 32.4 Å². The second-order valence-electron chi connectivity index (χ2n) is 6.79. The first-order valence-corrected chi connectivity index (χ1v) is 8.67. The molecule has 1 aromatic heterocycles. The number of hydrogen-bond acceptors (Lipinski definition) is 6. The molecule has 0 aliphatic carbocycles. The van der Waals surface area contributed by atoms with Crippen molar-refractivity contribution in [3.63, 3.8) is 0 Å². The SMILES string of the molecule is CC(C)(CO)c1cc(N)on1.O=C(O)[C@@H]1CCC(=O)N1c1ccc(Cl)cc1. The van der Waals surface area contributed by atoms with Gasteiger partial charge in [-0.1, -0.05) is 30.6 Å². The van der Waals surface area contributed by atoms with E-state index in [4.69, 9.17) is 27.5 Å². The van der Waals surface area contributed by atoms with Crippen LogP contribution in [0.3, 0.4) is 0 Å². The van der Waals surface area contributed by atoms with E-state index in [1.54, 1.807) is 30.3 Å². The maximum Gasteiger partial charge on any atom is 0.326 e. The number of carboxylic acids is 1. The molecule has 1 aliphatic rings. The summed E-state index contributed by atoms with van der Waals surface area (Å²) in [6.45, 7) is 3.76. The topological polar surface area (TPSA) is 130 Å². The van der Waals surface area contributed by atoms with Crippen LogP contribution < -0.4 is 10.6 Å². The highest BCUT2D eigenvalue weighted by molar-refractivity contribution is 6.30. The van der Waals surface area contributed by atoms with Gasteiger partial charge in [0.2, 0.25) is 11.8 Å². The monoisotopic (exact) mass is 395 g/mol. The number of carbonyl (C=O) groups is 2. The number of amides is 1. The van der Waals surface area contributed by atoms with Gasteiger partial charge >= 0.3 is 5.97 Å². The summed E-state index contributed by atoms with van der Waals surface area (Å²) in [5, 5.41) is 22.2. The van der Waals surface area contributed by atoms with Crippen LogP contribution in [0.4, 0.5) is 11.6 Å². The molecule has 2 heterocycles. The van der Waals surface area contributed by atoms with E-state index in [1.807, 2.05) is 13.8 Å². The van der Waals surface area contributed by atoms with E-state index in [-0.39, 0.29) is 30.2 Å². The Kier molecular flexibility index (Phi) is 6.45. The molecule has 3 rings (SSSR count). The lowest BCUT2D eigenvalue weighted by Gasteiger charge is -2.21. The van der Waals surface area contributed by atoms with Crippen molar-refractivity contribution in [3.8, 4) is 0 Å². The summed E-state index contributed by atoms with van der Waals surface area (Å²) in [7, 11) is 0. The largest absolute Gasteiger partial charge is 0.480 e. The summed E-state index contributed by atoms with van der Waals surface area (Å²) < 4.78 is 4.67. The first kappa shape index (κ1) is 20.7. The Labute approximate surface area is 161 Å². The Hall–Kier alpha value is -2.58. The molecule has 1 fully saturated rings. The van der Waals surface area contributed by atoms with Gasteiger partial charge in [-0.3, -0.25) is 9.69 Å². The van der Waals surface area contributed by atoms with Gasteiger partial charge in [0.1, 0.15) is 6.04 Å². The minimum Gasteiger partial charge on any atom is -0.480 e. The number of aromatic nitrogens is 1. The normalized spacial score (nSPS) is 16.8. The fourth-order valence-electron chi connectivity index (χ4n) is 2.53. The van der Waals surface area contributed by atoms with Crippen molar-refractivity contribution >= 4 is 35.0 Å². The number of nitrogen functional groups attached to an aromatic ring is 1. The first-order chi connectivity index (χ1) is 12.7. The average Bonchev–Trinajstić information content (AvgIpc) is 3.23. The molecule has 1 amide bonds. The van der Waals surface area contributed by atoms with Crippen LogP contribution in [0.15, 0.2) is 34.9 Å². The number of aliphatic hydroxyl groups excluding tert-OH is 1. The molecule has 0 bridgehead atoms. The van der Waals surface area contributed by atoms with Crippen molar-refractivity contribution < 1.29 is 24.3 Å². The highest BCUT2D eigenvalue weighted by Crippen LogP contribution is 2.27. The number of nitrogens with zero attached hydrogens (tertiary/aromatic N) is 2. The number of benzene rings is 1. The van der Waals surface area contributed by atoms with Crippen molar-refractivity contribution in [1.29, 1.82) is 0 Å². The van der Waals surface area contributed by atoms with Gasteiger partial charge in [0.05, 0.1) is 12.3 Å². The van der Waals surface area contributed by atoms with Crippen molar-refractivity contribution in [2.75, 3.05) is 17.2 Å². The molecule has 0 spiro atoms. The number of aliphatic hydroxyl groups is 1. The van der Waals surface area contributed by atoms with Crippen molar-refractivity contribution in [1.82, 2.24) is 5.16 Å². The Morgan fingerprint density at radius 3 is 2.52 bits per heavy atom. The number of nitrogens with two attached hydrogens (primary N) is 1. The third-order valence-electron chi connectivity index (χ3n) is 4.22. The van der Waals surface area contributed by atoms with Crippen molar-refractivity contribution in [3.05, 3.63) is 41.0 Å². The second-order valence-corrected chi connectivity index (χ2v) is 7.23. The predicted molar refractivity (Wildman–Crippen MR) is 101 cm³/mol. The van der Waals surface area contributed by atoms with Gasteiger partial charge in [-0.15, -0.1) is 0 Å². The van der Waals surface area contributed by atoms with Crippen LogP contribution in [0, 0.1) is 0 Å². The molecular formula is C18H22ClN3O5. The van der Waals surface area contributed by atoms with Crippen LogP contribution >= 0.6 is 11.6 Å². The van der Waals surface area contributed by atoms with E-state index >= 15 is 0 Å². The van der Waals surface area contributed by atoms with E-state index in [2.05, 4.69) is 9.68 Å². The van der Waals surface area contributed by atoms with Crippen LogP contribution in [-0.4, -0.2) is 39.9 Å². The van der Waals surface area contributed by atoms with E-state index in [0.717, 1.165) is 0 Å². The van der Waals surface area contributed by atoms with Crippen LogP contribution in [0.25, 0.3) is 0 Å². The van der Waals surface area contributed by atoms with Gasteiger partial charge in [0, 0.05) is 28.6 Å². The van der Waals surface area contributed by atoms with Gasteiger partial charge in [-0.25, -0.2) is 4.79 Å². The molecule has 0 unspecified atom stereocenters. The zero-order valence-electron chi connectivity index (χ0n) is 15.1. The van der Waals surface area contributed by atoms with Crippen molar-refractivity contribution in [2.45, 2.75) is 38.1 Å². The fraction of sp³-hybridized carbons (Fsp3) is 0.389. The average molecular weight is 396 g/mol. The lowest BCUT2D eigenvalue weighted by atomic mass is 9.91. The zero-order chi connectivity index (χ0) is 20.2. The summed E-state index contributed by atoms with van der Waals surface area (Å²) >= 11 is 5.73. The number of aliphatic carboxylic acids is 1. The molecule has 4 N–H and O–H groups in total. The number of hydrogen-bond donors (Lipinski definition) is 3. The molecule has 2 aromatic rings. The highest BCUT2D eigenvalue weighted by Gasteiger charge is 2.36. The molecule has 1 aliphatic heterocycles. The molecular weight excluding hydrogens is 374 g/mol. The summed E-state index contributed by atoms with van der Waals surface area (Å²) in [5.41, 5.74) is 6.21. The lowest BCUT2D eigenvalue weighted by molar-refractivity contribution is -0.138. The van der Waals surface area contributed by atoms with Gasteiger partial charge in [0.25, 0.3) is 0 Å². The van der Waals surface area contributed by atoms with Gasteiger partial charge < -0.3 is 20.5 Å². The molecule has 27 heavy (non-hydrogen) atoms. The number of carboxylic acid groups (broad SMARTS) is 1. The quantitative estimate of drug-likeness (QED) is 0.724. The van der Waals surface area contributed by atoms with E-state index in [9.17, 15) is 9.59 Å². The summed E-state index contributed by atoms with van der Waals surface area (Å²) in [5.74, 6) is -0.850. The summed E-state index contributed by atoms with van der Waals surface area (Å²) in [6.07, 6.45) is 0.635. The van der Waals surface area contributed by atoms with Crippen LogP contribution in [0.5, 0.6) is 0 Å². The first-order valence-electron chi connectivity index (χ1n) is 8.29. The molecule has 1 saturated heterocycles. The Morgan fingerprint density at radius 2 is 2.04 bits per heavy atom. The smallest absolute Gasteiger partial charge is 0.326 e. The van der Waals surface area contributed by atoms with Crippen molar-refractivity contribution in [2.24, 2.45) is 0 Å². The number of carbonyl (C=O) groups excluding carboxylic acids is 1. The minimum absolute atomic E-state index is 0.0268. The molecule has 8 nitrogen and oxygen atoms in total. The van der Waals surface area contributed by atoms with Crippen LogP contribution in [-0.2, 0) is 15.0 Å². The third-order valence-corrected chi connectivity index (χ3v) is 4.47. The number of halogens is 1. The molecule has 0 radical (unpaired) electrons. The molecule has 9 heteroatoms. The number of anilines is 2. The maximum absolute atomic E-state index is 11.6. The molecule has 146 valence electrons. The Morgan fingerprint density at radius 1 is 1.41 bits per heavy atom. The number of rotatable bonds is 4. The van der Waals surface area contributed by atoms with Gasteiger partial charge in [0.15, 0.2) is 0 Å². The molecule has 1 atom stereocenters. The third kappa shape index (κ3) is 4.99. The predicted octanol–water partition coefficient (Wildman–Crippen LogP) is 2.45. The standard InChI is InChI=1S/C11H10ClNO3.C7H12N2O2/c12-7-1-3-8(4-2-7)13-9(11(15)16)5-6-10(13)14;1-7(2,4-10)5-3-6(8)11-9-5/h1-4,9H,5-6H2,(H,15,16);3,10H,4,8H2,1-2H3/t9-;/m0./s1. The van der Waals surface area contributed by atoms with E-state index in [1.165, 1.54) is 4.90 Å². The van der Waals surface area contributed by atoms with E-state index < -0.39 is 12.0 Å². The second kappa shape index (κ2) is 8.41. The minimum atomic E-state index is -0.971. The zero-order valence-corrected chi connectivity index (χ0v) is 15.8. The Bertz CT molecular complexity index is 804. The molecule has 0 saturated carbocycles. The van der Waals surface area contributed by atoms with Gasteiger partial charge in [-0.05, 0) is 30.7 Å². The Balaban J connectivity index is 0.000000208. The van der Waals surface area contributed by atoms with E-state index in [0.29, 0.717) is 22.8 Å². The summed E-state index contributed by atoms with van der Waals surface area (Å²) in [4.78, 5) is 23.9. The highest BCUT2D eigenvalue weighted by atomic mass is 35.5. The maximum atomic E-state index is 11.6. The summed E-state index contributed by atoms with van der Waals surface area (Å²) in [6, 6.07) is 7.45. The van der Waals surface area contributed by atoms with Gasteiger partial charge in [-0.2, -0.15) is 0 Å². The fourth-order valence-corrected chi connectivity index (χ4v) is 2.66. The lowest BCUT2D eigenvalue weighted by Crippen LogP contribution is -2.38. The molecule has 1 aromatic carbocycles.